The van der Waals surface area contributed by atoms with Gasteiger partial charge in [0.25, 0.3) is 11.6 Å². The van der Waals surface area contributed by atoms with E-state index in [1.807, 2.05) is 26.0 Å². The third-order valence-corrected chi connectivity index (χ3v) is 3.44. The summed E-state index contributed by atoms with van der Waals surface area (Å²) >= 11 is 5.92. The Kier molecular flexibility index (Phi) is 5.18. The minimum Gasteiger partial charge on any atom is -0.483 e. The topological polar surface area (TPSA) is 81.5 Å². The van der Waals surface area contributed by atoms with E-state index >= 15 is 0 Å². The summed E-state index contributed by atoms with van der Waals surface area (Å²) < 4.78 is 5.46. The highest BCUT2D eigenvalue weighted by molar-refractivity contribution is 6.34. The molecule has 2 aromatic carbocycles. The summed E-state index contributed by atoms with van der Waals surface area (Å²) in [7, 11) is 0. The molecule has 0 bridgehead atoms. The number of hydrogen-bond donors (Lipinski definition) is 1. The fraction of sp³-hybridized carbons (Fsp3) is 0.188. The third kappa shape index (κ3) is 4.43. The monoisotopic (exact) mass is 334 g/mol. The molecule has 0 fully saturated rings. The van der Waals surface area contributed by atoms with E-state index in [0.29, 0.717) is 11.4 Å². The van der Waals surface area contributed by atoms with Crippen molar-refractivity contribution < 1.29 is 14.5 Å². The van der Waals surface area contributed by atoms with Crippen molar-refractivity contribution in [2.75, 3.05) is 11.9 Å². The molecule has 23 heavy (non-hydrogen) atoms. The van der Waals surface area contributed by atoms with E-state index in [1.54, 1.807) is 6.07 Å². The molecule has 0 aliphatic carbocycles. The molecule has 0 atom stereocenters. The minimum absolute atomic E-state index is 0.0964. The molecule has 0 heterocycles. The third-order valence-electron chi connectivity index (χ3n) is 3.13. The molecule has 0 aliphatic rings. The highest BCUT2D eigenvalue weighted by Gasteiger charge is 2.12. The van der Waals surface area contributed by atoms with E-state index in [9.17, 15) is 14.9 Å². The maximum atomic E-state index is 11.9. The van der Waals surface area contributed by atoms with Crippen molar-refractivity contribution in [3.05, 3.63) is 62.7 Å². The summed E-state index contributed by atoms with van der Waals surface area (Å²) in [6, 6.07) is 9.49. The molecule has 2 aromatic rings. The Morgan fingerprint density at radius 2 is 2.00 bits per heavy atom. The molecule has 7 heteroatoms. The summed E-state index contributed by atoms with van der Waals surface area (Å²) in [5.74, 6) is 0.223. The van der Waals surface area contributed by atoms with Crippen molar-refractivity contribution in [2.45, 2.75) is 13.8 Å². The summed E-state index contributed by atoms with van der Waals surface area (Å²) in [5, 5.41) is 13.3. The average Bonchev–Trinajstić information content (AvgIpc) is 2.48. The first-order valence-electron chi connectivity index (χ1n) is 6.80. The van der Waals surface area contributed by atoms with Crippen LogP contribution in [-0.4, -0.2) is 17.4 Å². The Morgan fingerprint density at radius 3 is 2.61 bits per heavy atom. The second kappa shape index (κ2) is 7.11. The predicted molar refractivity (Wildman–Crippen MR) is 88.1 cm³/mol. The van der Waals surface area contributed by atoms with E-state index in [4.69, 9.17) is 16.3 Å². The number of benzene rings is 2. The zero-order valence-electron chi connectivity index (χ0n) is 12.6. The van der Waals surface area contributed by atoms with Crippen LogP contribution in [0.2, 0.25) is 5.02 Å². The van der Waals surface area contributed by atoms with Crippen molar-refractivity contribution in [2.24, 2.45) is 0 Å². The molecule has 1 amide bonds. The molecule has 0 spiro atoms. The van der Waals surface area contributed by atoms with Gasteiger partial charge in [0.15, 0.2) is 6.61 Å². The van der Waals surface area contributed by atoms with Crippen LogP contribution in [-0.2, 0) is 4.79 Å². The summed E-state index contributed by atoms with van der Waals surface area (Å²) in [6.07, 6.45) is 0. The maximum absolute atomic E-state index is 11.9. The zero-order valence-corrected chi connectivity index (χ0v) is 13.4. The highest BCUT2D eigenvalue weighted by atomic mass is 35.5. The van der Waals surface area contributed by atoms with Crippen LogP contribution in [0.15, 0.2) is 36.4 Å². The smallest absolute Gasteiger partial charge is 0.271 e. The van der Waals surface area contributed by atoms with Gasteiger partial charge < -0.3 is 10.1 Å². The van der Waals surface area contributed by atoms with Gasteiger partial charge in [-0.15, -0.1) is 0 Å². The number of anilines is 1. The van der Waals surface area contributed by atoms with Crippen LogP contribution in [0.1, 0.15) is 11.1 Å². The number of non-ortho nitro benzene ring substituents is 1. The number of nitro benzene ring substituents is 1. The summed E-state index contributed by atoms with van der Waals surface area (Å²) in [5.41, 5.74) is 2.20. The van der Waals surface area contributed by atoms with E-state index in [1.165, 1.54) is 18.2 Å². The normalized spacial score (nSPS) is 10.2. The lowest BCUT2D eigenvalue weighted by molar-refractivity contribution is -0.384. The molecule has 0 saturated carbocycles. The van der Waals surface area contributed by atoms with Crippen molar-refractivity contribution in [1.29, 1.82) is 0 Å². The van der Waals surface area contributed by atoms with Crippen LogP contribution in [0.3, 0.4) is 0 Å². The number of rotatable bonds is 5. The van der Waals surface area contributed by atoms with Gasteiger partial charge in [0.2, 0.25) is 0 Å². The number of carbonyl (C=O) groups excluding carboxylic acids is 1. The molecule has 0 aliphatic heterocycles. The molecule has 0 unspecified atom stereocenters. The largest absolute Gasteiger partial charge is 0.483 e. The van der Waals surface area contributed by atoms with Crippen LogP contribution >= 0.6 is 11.6 Å². The Balaban J connectivity index is 1.98. The number of nitrogens with one attached hydrogen (secondary N) is 1. The standard InChI is InChI=1S/C16H15ClN2O4/c1-10-3-6-15(11(2)7-10)23-9-16(20)18-14-5-4-12(19(21)22)8-13(14)17/h3-8H,9H2,1-2H3,(H,18,20). The van der Waals surface area contributed by atoms with Gasteiger partial charge in [-0.05, 0) is 31.5 Å². The van der Waals surface area contributed by atoms with Gasteiger partial charge in [0.05, 0.1) is 15.6 Å². The first-order valence-corrected chi connectivity index (χ1v) is 7.18. The molecule has 120 valence electrons. The van der Waals surface area contributed by atoms with Crippen molar-refractivity contribution in [1.82, 2.24) is 0 Å². The van der Waals surface area contributed by atoms with Gasteiger partial charge in [-0.2, -0.15) is 0 Å². The second-order valence-corrected chi connectivity index (χ2v) is 5.43. The van der Waals surface area contributed by atoms with Crippen molar-refractivity contribution in [3.8, 4) is 5.75 Å². The van der Waals surface area contributed by atoms with E-state index in [-0.39, 0.29) is 17.3 Å². The maximum Gasteiger partial charge on any atom is 0.271 e. The van der Waals surface area contributed by atoms with E-state index in [0.717, 1.165) is 11.1 Å². The number of amides is 1. The van der Waals surface area contributed by atoms with Gasteiger partial charge in [-0.3, -0.25) is 14.9 Å². The number of nitrogens with zero attached hydrogens (tertiary/aromatic N) is 1. The molecule has 0 radical (unpaired) electrons. The van der Waals surface area contributed by atoms with Crippen LogP contribution in [0.4, 0.5) is 11.4 Å². The van der Waals surface area contributed by atoms with Gasteiger partial charge in [0.1, 0.15) is 5.75 Å². The fourth-order valence-electron chi connectivity index (χ4n) is 2.01. The number of hydrogen-bond acceptors (Lipinski definition) is 4. The lowest BCUT2D eigenvalue weighted by atomic mass is 10.1. The Bertz CT molecular complexity index is 762. The first-order chi connectivity index (χ1) is 10.9. The van der Waals surface area contributed by atoms with Gasteiger partial charge in [-0.25, -0.2) is 0 Å². The molecular weight excluding hydrogens is 320 g/mol. The second-order valence-electron chi connectivity index (χ2n) is 5.03. The molecule has 2 rings (SSSR count). The Hall–Kier alpha value is -2.60. The van der Waals surface area contributed by atoms with Crippen LogP contribution in [0.25, 0.3) is 0 Å². The van der Waals surface area contributed by atoms with Crippen molar-refractivity contribution in [3.63, 3.8) is 0 Å². The molecular formula is C16H15ClN2O4. The van der Waals surface area contributed by atoms with E-state index < -0.39 is 10.8 Å². The first kappa shape index (κ1) is 16.8. The molecule has 0 saturated heterocycles. The number of carbonyl (C=O) groups is 1. The van der Waals surface area contributed by atoms with Crippen LogP contribution in [0.5, 0.6) is 5.75 Å². The summed E-state index contributed by atoms with van der Waals surface area (Å²) in [6.45, 7) is 3.69. The van der Waals surface area contributed by atoms with Gasteiger partial charge in [0, 0.05) is 12.1 Å². The number of nitro groups is 1. The quantitative estimate of drug-likeness (QED) is 0.664. The van der Waals surface area contributed by atoms with Gasteiger partial charge >= 0.3 is 0 Å². The Morgan fingerprint density at radius 1 is 1.26 bits per heavy atom. The SMILES string of the molecule is Cc1ccc(OCC(=O)Nc2ccc([N+](=O)[O-])cc2Cl)c(C)c1. The lowest BCUT2D eigenvalue weighted by Crippen LogP contribution is -2.20. The molecule has 0 aromatic heterocycles. The molecule has 6 nitrogen and oxygen atoms in total. The lowest BCUT2D eigenvalue weighted by Gasteiger charge is -2.11. The van der Waals surface area contributed by atoms with Crippen molar-refractivity contribution >= 4 is 28.9 Å². The predicted octanol–water partition coefficient (Wildman–Crippen LogP) is 3.88. The molecule has 1 N–H and O–H groups in total. The van der Waals surface area contributed by atoms with Crippen LogP contribution in [0, 0.1) is 24.0 Å². The average molecular weight is 335 g/mol. The number of ether oxygens (including phenoxy) is 1. The summed E-state index contributed by atoms with van der Waals surface area (Å²) in [4.78, 5) is 22.0. The van der Waals surface area contributed by atoms with Gasteiger partial charge in [-0.1, -0.05) is 29.3 Å². The highest BCUT2D eigenvalue weighted by Crippen LogP contribution is 2.26. The number of aryl methyl sites for hydroxylation is 2. The Labute approximate surface area is 138 Å². The zero-order chi connectivity index (χ0) is 17.0. The van der Waals surface area contributed by atoms with E-state index in [2.05, 4.69) is 5.32 Å². The van der Waals surface area contributed by atoms with Crippen LogP contribution < -0.4 is 10.1 Å². The minimum atomic E-state index is -0.555. The number of halogens is 1. The fourth-order valence-corrected chi connectivity index (χ4v) is 2.23.